The van der Waals surface area contributed by atoms with Crippen molar-refractivity contribution >= 4 is 52.6 Å². The van der Waals surface area contributed by atoms with E-state index in [0.29, 0.717) is 35.5 Å². The summed E-state index contributed by atoms with van der Waals surface area (Å²) in [4.78, 5) is 50.9. The van der Waals surface area contributed by atoms with Crippen LogP contribution in [0.4, 0.5) is 17.1 Å². The van der Waals surface area contributed by atoms with Crippen LogP contribution >= 0.6 is 11.8 Å². The number of ether oxygens (including phenoxy) is 1. The maximum absolute atomic E-state index is 13.5. The zero-order valence-electron chi connectivity index (χ0n) is 26.1. The third-order valence-corrected chi connectivity index (χ3v) is 8.22. The van der Waals surface area contributed by atoms with Crippen molar-refractivity contribution in [1.82, 2.24) is 5.32 Å². The molecule has 10 nitrogen and oxygen atoms in total. The first-order valence-corrected chi connectivity index (χ1v) is 16.1. The summed E-state index contributed by atoms with van der Waals surface area (Å²) in [5, 5.41) is 19.1. The lowest BCUT2D eigenvalue weighted by molar-refractivity contribution is -0.384. The third-order valence-electron chi connectivity index (χ3n) is 6.87. The predicted molar refractivity (Wildman–Crippen MR) is 185 cm³/mol. The zero-order chi connectivity index (χ0) is 33.6. The van der Waals surface area contributed by atoms with Crippen molar-refractivity contribution in [3.05, 3.63) is 130 Å². The quantitative estimate of drug-likeness (QED) is 0.0393. The number of rotatable bonds is 15. The van der Waals surface area contributed by atoms with Gasteiger partial charge in [-0.1, -0.05) is 44.5 Å². The summed E-state index contributed by atoms with van der Waals surface area (Å²) in [7, 11) is 0. The normalized spacial score (nSPS) is 11.7. The van der Waals surface area contributed by atoms with Gasteiger partial charge in [-0.15, -0.1) is 11.8 Å². The van der Waals surface area contributed by atoms with Gasteiger partial charge in [-0.25, -0.2) is 0 Å². The Labute approximate surface area is 277 Å². The summed E-state index contributed by atoms with van der Waals surface area (Å²) in [5.74, 6) is -0.485. The van der Waals surface area contributed by atoms with E-state index in [9.17, 15) is 24.5 Å². The van der Waals surface area contributed by atoms with Crippen LogP contribution in [0, 0.1) is 10.1 Å². The molecule has 0 fully saturated rings. The largest absolute Gasteiger partial charge is 0.494 e. The number of amides is 3. The van der Waals surface area contributed by atoms with Gasteiger partial charge in [0.2, 0.25) is 5.91 Å². The first kappa shape index (κ1) is 34.5. The minimum Gasteiger partial charge on any atom is -0.494 e. The molecule has 0 aliphatic carbocycles. The van der Waals surface area contributed by atoms with E-state index in [1.54, 1.807) is 48.5 Å². The molecule has 11 heteroatoms. The first-order chi connectivity index (χ1) is 22.7. The highest BCUT2D eigenvalue weighted by Gasteiger charge is 2.20. The molecule has 4 rings (SSSR count). The van der Waals surface area contributed by atoms with Crippen molar-refractivity contribution < 1.29 is 24.0 Å². The number of thioether (sulfide) groups is 1. The van der Waals surface area contributed by atoms with Crippen LogP contribution in [0.1, 0.15) is 49.0 Å². The van der Waals surface area contributed by atoms with Crippen molar-refractivity contribution in [2.45, 2.75) is 43.3 Å². The fraction of sp³-hybridized carbons (Fsp3) is 0.194. The number of carbonyl (C=O) groups excluding carboxylic acids is 3. The van der Waals surface area contributed by atoms with Crippen LogP contribution in [0.25, 0.3) is 6.08 Å². The van der Waals surface area contributed by atoms with Crippen LogP contribution in [-0.4, -0.2) is 34.5 Å². The molecule has 0 saturated carbocycles. The van der Waals surface area contributed by atoms with Gasteiger partial charge in [-0.3, -0.25) is 24.5 Å². The predicted octanol–water partition coefficient (Wildman–Crippen LogP) is 7.69. The van der Waals surface area contributed by atoms with Gasteiger partial charge in [0.15, 0.2) is 0 Å². The lowest BCUT2D eigenvalue weighted by atomic mass is 10.1. The number of hydrogen-bond acceptors (Lipinski definition) is 7. The van der Waals surface area contributed by atoms with Crippen LogP contribution in [0.2, 0.25) is 0 Å². The number of benzene rings is 4. The number of hydrogen-bond donors (Lipinski definition) is 3. The Bertz CT molecular complexity index is 1710. The zero-order valence-corrected chi connectivity index (χ0v) is 26.9. The molecule has 0 aromatic heterocycles. The number of nitrogens with one attached hydrogen (secondary N) is 3. The maximum atomic E-state index is 13.5. The fourth-order valence-corrected chi connectivity index (χ4v) is 5.34. The van der Waals surface area contributed by atoms with E-state index in [0.717, 1.165) is 23.5 Å². The van der Waals surface area contributed by atoms with E-state index >= 15 is 0 Å². The van der Waals surface area contributed by atoms with E-state index in [4.69, 9.17) is 4.74 Å². The van der Waals surface area contributed by atoms with Gasteiger partial charge >= 0.3 is 0 Å². The van der Waals surface area contributed by atoms with Crippen LogP contribution in [0.5, 0.6) is 5.75 Å². The molecule has 0 saturated heterocycles. The number of unbranched alkanes of at least 4 members (excludes halogenated alkanes) is 1. The van der Waals surface area contributed by atoms with Crippen molar-refractivity contribution in [1.29, 1.82) is 0 Å². The molecule has 0 radical (unpaired) electrons. The van der Waals surface area contributed by atoms with Crippen molar-refractivity contribution in [2.75, 3.05) is 17.2 Å². The van der Waals surface area contributed by atoms with Gasteiger partial charge in [0.05, 0.1) is 16.8 Å². The summed E-state index contributed by atoms with van der Waals surface area (Å²) in [6, 6.07) is 28.4. The molecule has 0 aliphatic heterocycles. The van der Waals surface area contributed by atoms with Gasteiger partial charge in [0.25, 0.3) is 17.5 Å². The van der Waals surface area contributed by atoms with Crippen LogP contribution < -0.4 is 20.7 Å². The molecule has 0 spiro atoms. The third kappa shape index (κ3) is 10.6. The number of carbonyl (C=O) groups is 3. The van der Waals surface area contributed by atoms with Gasteiger partial charge < -0.3 is 20.7 Å². The molecule has 4 aromatic rings. The molecule has 0 heterocycles. The van der Waals surface area contributed by atoms with E-state index in [2.05, 4.69) is 22.9 Å². The summed E-state index contributed by atoms with van der Waals surface area (Å²) in [6.07, 6.45) is 4.04. The fourth-order valence-electron chi connectivity index (χ4n) is 4.33. The Morgan fingerprint density at radius 2 is 1.60 bits per heavy atom. The van der Waals surface area contributed by atoms with Crippen LogP contribution in [0.15, 0.2) is 114 Å². The Kier molecular flexibility index (Phi) is 12.7. The van der Waals surface area contributed by atoms with Gasteiger partial charge in [0.1, 0.15) is 11.4 Å². The molecule has 3 N–H and O–H groups in total. The minimum atomic E-state index is -0.596. The Hall–Kier alpha value is -5.42. The SMILES string of the molecule is CCCCOc1ccc(NC(=O)C(CC)Sc2cccc(NC(=O)/C(=C\c3ccc([N+](=O)[O-])cc3)NC(=O)c3ccccc3)c2)cc1. The van der Waals surface area contributed by atoms with Gasteiger partial charge in [-0.05, 0) is 91.2 Å². The number of nitrogens with zero attached hydrogens (tertiary/aromatic N) is 1. The second-order valence-electron chi connectivity index (χ2n) is 10.4. The average Bonchev–Trinajstić information content (AvgIpc) is 3.08. The Morgan fingerprint density at radius 3 is 2.26 bits per heavy atom. The average molecular weight is 653 g/mol. The number of nitro benzene ring substituents is 1. The highest BCUT2D eigenvalue weighted by atomic mass is 32.2. The Morgan fingerprint density at radius 1 is 0.872 bits per heavy atom. The molecule has 1 unspecified atom stereocenters. The van der Waals surface area contributed by atoms with E-state index in [1.165, 1.54) is 42.1 Å². The number of anilines is 2. The highest BCUT2D eigenvalue weighted by Crippen LogP contribution is 2.29. The summed E-state index contributed by atoms with van der Waals surface area (Å²) < 4.78 is 5.69. The van der Waals surface area contributed by atoms with Crippen LogP contribution in [-0.2, 0) is 9.59 Å². The lowest BCUT2D eigenvalue weighted by Crippen LogP contribution is -2.30. The summed E-state index contributed by atoms with van der Waals surface area (Å²) >= 11 is 1.37. The molecular formula is C36H36N4O6S. The second-order valence-corrected chi connectivity index (χ2v) is 11.7. The number of non-ortho nitro benzene ring substituents is 1. The highest BCUT2D eigenvalue weighted by molar-refractivity contribution is 8.00. The van der Waals surface area contributed by atoms with Crippen LogP contribution in [0.3, 0.4) is 0 Å². The molecule has 4 aromatic carbocycles. The molecule has 0 bridgehead atoms. The Balaban J connectivity index is 1.45. The van der Waals surface area contributed by atoms with Crippen molar-refractivity contribution in [3.63, 3.8) is 0 Å². The van der Waals surface area contributed by atoms with Gasteiger partial charge in [-0.2, -0.15) is 0 Å². The lowest BCUT2D eigenvalue weighted by Gasteiger charge is -2.16. The maximum Gasteiger partial charge on any atom is 0.272 e. The summed E-state index contributed by atoms with van der Waals surface area (Å²) in [5.41, 5.74) is 1.81. The summed E-state index contributed by atoms with van der Waals surface area (Å²) in [6.45, 7) is 4.68. The van der Waals surface area contributed by atoms with Crippen molar-refractivity contribution in [3.8, 4) is 5.75 Å². The van der Waals surface area contributed by atoms with E-state index < -0.39 is 22.0 Å². The standard InChI is InChI=1S/C36H36N4O6S/c1-3-5-22-46-30-20-16-27(17-21-30)37-36(43)33(4-2)47-31-13-9-12-28(24-31)38-35(42)32(39-34(41)26-10-7-6-8-11-26)23-25-14-18-29(19-15-25)40(44)45/h6-21,23-24,33H,3-5,22H2,1-2H3,(H,37,43)(H,38,42)(H,39,41)/b32-23+. The van der Waals surface area contributed by atoms with Gasteiger partial charge in [0, 0.05) is 34.0 Å². The topological polar surface area (TPSA) is 140 Å². The molecular weight excluding hydrogens is 616 g/mol. The number of nitro groups is 1. The molecule has 47 heavy (non-hydrogen) atoms. The second kappa shape index (κ2) is 17.3. The van der Waals surface area contributed by atoms with E-state index in [-0.39, 0.29) is 17.3 Å². The smallest absolute Gasteiger partial charge is 0.272 e. The monoisotopic (exact) mass is 652 g/mol. The molecule has 1 atom stereocenters. The minimum absolute atomic E-state index is 0.0571. The van der Waals surface area contributed by atoms with Crippen molar-refractivity contribution in [2.24, 2.45) is 0 Å². The molecule has 242 valence electrons. The van der Waals surface area contributed by atoms with E-state index in [1.807, 2.05) is 37.3 Å². The molecule has 0 aliphatic rings. The first-order valence-electron chi connectivity index (χ1n) is 15.2. The molecule has 3 amide bonds.